The lowest BCUT2D eigenvalue weighted by Crippen LogP contribution is -2.10. The molecule has 1 N–H and O–H groups in total. The fourth-order valence-electron chi connectivity index (χ4n) is 1.54. The third-order valence-corrected chi connectivity index (χ3v) is 3.00. The van der Waals surface area contributed by atoms with Gasteiger partial charge in [-0.15, -0.1) is 11.6 Å². The van der Waals surface area contributed by atoms with Crippen LogP contribution in [0.25, 0.3) is 0 Å². The van der Waals surface area contributed by atoms with Crippen LogP contribution in [0, 0.1) is 0 Å². The summed E-state index contributed by atoms with van der Waals surface area (Å²) in [6.07, 6.45) is 0. The number of halogens is 1. The molecule has 1 rings (SSSR count). The summed E-state index contributed by atoms with van der Waals surface area (Å²) in [4.78, 5) is 22.9. The number of rotatable bonds is 5. The average molecular weight is 271 g/mol. The summed E-state index contributed by atoms with van der Waals surface area (Å²) in [6, 6.07) is 4.60. The number of ketones is 1. The van der Waals surface area contributed by atoms with Gasteiger partial charge in [0.2, 0.25) is 0 Å². The Kier molecular flexibility index (Phi) is 5.31. The van der Waals surface area contributed by atoms with E-state index in [4.69, 9.17) is 16.3 Å². The normalized spacial score (nSPS) is 12.0. The van der Waals surface area contributed by atoms with E-state index in [9.17, 15) is 14.7 Å². The van der Waals surface area contributed by atoms with Gasteiger partial charge in [0.25, 0.3) is 0 Å². The predicted octanol–water partition coefficient (Wildman–Crippen LogP) is 2.22. The summed E-state index contributed by atoms with van der Waals surface area (Å²) in [5.74, 6) is -0.719. The van der Waals surface area contributed by atoms with Crippen LogP contribution in [0.4, 0.5) is 0 Å². The van der Waals surface area contributed by atoms with Crippen molar-refractivity contribution in [1.29, 1.82) is 0 Å². The van der Waals surface area contributed by atoms with Gasteiger partial charge in [-0.3, -0.25) is 4.79 Å². The molecule has 0 fully saturated rings. The van der Waals surface area contributed by atoms with Crippen LogP contribution < -0.4 is 0 Å². The fraction of sp³-hybridized carbons (Fsp3) is 0.385. The van der Waals surface area contributed by atoms with Crippen molar-refractivity contribution in [3.05, 3.63) is 34.9 Å². The summed E-state index contributed by atoms with van der Waals surface area (Å²) in [5, 5.41) is 8.32. The molecule has 0 bridgehead atoms. The van der Waals surface area contributed by atoms with Crippen LogP contribution >= 0.6 is 11.6 Å². The maximum absolute atomic E-state index is 11.6. The summed E-state index contributed by atoms with van der Waals surface area (Å²) in [6.45, 7) is 3.10. The van der Waals surface area contributed by atoms with E-state index in [0.29, 0.717) is 16.7 Å². The Hall–Kier alpha value is -1.39. The highest BCUT2D eigenvalue weighted by Crippen LogP contribution is 2.26. The second kappa shape index (κ2) is 6.52. The van der Waals surface area contributed by atoms with Gasteiger partial charge < -0.3 is 9.84 Å². The molecule has 0 spiro atoms. The minimum atomic E-state index is -0.874. The summed E-state index contributed by atoms with van der Waals surface area (Å²) < 4.78 is 4.87. The molecule has 5 heteroatoms. The highest BCUT2D eigenvalue weighted by Gasteiger charge is 2.19. The first-order valence-corrected chi connectivity index (χ1v) is 6.00. The maximum atomic E-state index is 11.6. The van der Waals surface area contributed by atoms with Crippen LogP contribution in [0.2, 0.25) is 0 Å². The van der Waals surface area contributed by atoms with Crippen LogP contribution in [-0.4, -0.2) is 23.5 Å². The lowest BCUT2D eigenvalue weighted by molar-refractivity contribution is -0.116. The van der Waals surface area contributed by atoms with E-state index in [1.165, 1.54) is 19.1 Å². The van der Waals surface area contributed by atoms with Gasteiger partial charge in [-0.05, 0) is 37.1 Å². The summed E-state index contributed by atoms with van der Waals surface area (Å²) in [7, 11) is 0. The number of alkyl halides is 1. The van der Waals surface area contributed by atoms with Crippen molar-refractivity contribution in [3.63, 3.8) is 0 Å². The Morgan fingerprint density at radius 1 is 1.44 bits per heavy atom. The Labute approximate surface area is 111 Å². The Bertz CT molecular complexity index is 456. The number of aliphatic hydroxyl groups is 1. The second-order valence-electron chi connectivity index (χ2n) is 3.77. The molecule has 0 aliphatic rings. The largest absolute Gasteiger partial charge is 0.462 e. The van der Waals surface area contributed by atoms with Crippen molar-refractivity contribution in [2.45, 2.75) is 25.8 Å². The molecule has 1 aromatic carbocycles. The molecule has 0 heterocycles. The van der Waals surface area contributed by atoms with Gasteiger partial charge in [-0.2, -0.15) is 0 Å². The minimum absolute atomic E-state index is 0.241. The number of aliphatic hydroxyl groups excluding tert-OH is 1. The zero-order chi connectivity index (χ0) is 13.7. The zero-order valence-electron chi connectivity index (χ0n) is 10.3. The quantitative estimate of drug-likeness (QED) is 0.658. The van der Waals surface area contributed by atoms with E-state index in [1.807, 2.05) is 0 Å². The number of esters is 1. The van der Waals surface area contributed by atoms with Crippen molar-refractivity contribution >= 4 is 23.4 Å². The first kappa shape index (κ1) is 14.7. The number of hydrogen-bond acceptors (Lipinski definition) is 4. The predicted molar refractivity (Wildman–Crippen MR) is 67.6 cm³/mol. The van der Waals surface area contributed by atoms with Crippen molar-refractivity contribution in [2.24, 2.45) is 0 Å². The van der Waals surface area contributed by atoms with Gasteiger partial charge >= 0.3 is 5.97 Å². The van der Waals surface area contributed by atoms with Crippen molar-refractivity contribution in [2.75, 3.05) is 6.61 Å². The number of benzene rings is 1. The molecule has 1 atom stereocenters. The Morgan fingerprint density at radius 2 is 2.11 bits per heavy atom. The monoisotopic (exact) mass is 270 g/mol. The first-order chi connectivity index (χ1) is 8.51. The minimum Gasteiger partial charge on any atom is -0.462 e. The van der Waals surface area contributed by atoms with E-state index in [-0.39, 0.29) is 19.0 Å². The fourth-order valence-corrected chi connectivity index (χ4v) is 1.74. The Morgan fingerprint density at radius 3 is 2.61 bits per heavy atom. The molecule has 4 nitrogen and oxygen atoms in total. The lowest BCUT2D eigenvalue weighted by atomic mass is 9.99. The van der Waals surface area contributed by atoms with Crippen LogP contribution in [0.3, 0.4) is 0 Å². The zero-order valence-corrected chi connectivity index (χ0v) is 11.0. The molecule has 0 radical (unpaired) electrons. The molecule has 0 aliphatic heterocycles. The lowest BCUT2D eigenvalue weighted by Gasteiger charge is -2.12. The van der Waals surface area contributed by atoms with Gasteiger partial charge in [0.15, 0.2) is 5.78 Å². The molecule has 0 aromatic heterocycles. The molecule has 0 saturated heterocycles. The molecule has 1 unspecified atom stereocenters. The summed E-state index contributed by atoms with van der Waals surface area (Å²) >= 11 is 5.97. The number of hydrogen-bond donors (Lipinski definition) is 1. The number of carbonyl (C=O) groups is 2. The molecule has 1 aromatic rings. The molecule has 0 aliphatic carbocycles. The van der Waals surface area contributed by atoms with E-state index >= 15 is 0 Å². The third-order valence-electron chi connectivity index (χ3n) is 2.46. The molecule has 18 heavy (non-hydrogen) atoms. The van der Waals surface area contributed by atoms with Crippen molar-refractivity contribution in [1.82, 2.24) is 0 Å². The average Bonchev–Trinajstić information content (AvgIpc) is 2.37. The van der Waals surface area contributed by atoms with E-state index in [0.717, 1.165) is 0 Å². The molecule has 0 amide bonds. The van der Waals surface area contributed by atoms with E-state index in [1.54, 1.807) is 13.0 Å². The van der Waals surface area contributed by atoms with Crippen LogP contribution in [0.5, 0.6) is 0 Å². The van der Waals surface area contributed by atoms with E-state index in [2.05, 4.69) is 0 Å². The highest BCUT2D eigenvalue weighted by atomic mass is 35.5. The molecular formula is C13H15ClO4. The molecule has 98 valence electrons. The first-order valence-electron chi connectivity index (χ1n) is 5.56. The van der Waals surface area contributed by atoms with Crippen LogP contribution in [0.1, 0.15) is 40.7 Å². The van der Waals surface area contributed by atoms with Gasteiger partial charge in [0, 0.05) is 0 Å². The number of Topliss-reactive ketones (excluding diaryl/α,β-unsaturated/α-hetero) is 1. The SMILES string of the molecule is CCOC(=O)c1ccc(CO)c(C(Cl)C(C)=O)c1. The van der Waals surface area contributed by atoms with Gasteiger partial charge in [-0.1, -0.05) is 6.07 Å². The number of ether oxygens (including phenoxy) is 1. The second-order valence-corrected chi connectivity index (χ2v) is 4.20. The van der Waals surface area contributed by atoms with Gasteiger partial charge in [0.05, 0.1) is 18.8 Å². The maximum Gasteiger partial charge on any atom is 0.338 e. The third kappa shape index (κ3) is 3.31. The topological polar surface area (TPSA) is 63.6 Å². The molecule has 0 saturated carbocycles. The smallest absolute Gasteiger partial charge is 0.338 e. The van der Waals surface area contributed by atoms with Crippen LogP contribution in [-0.2, 0) is 16.1 Å². The highest BCUT2D eigenvalue weighted by molar-refractivity contribution is 6.31. The number of carbonyl (C=O) groups excluding carboxylic acids is 2. The molecular weight excluding hydrogens is 256 g/mol. The van der Waals surface area contributed by atoms with Crippen molar-refractivity contribution < 1.29 is 19.4 Å². The van der Waals surface area contributed by atoms with Crippen LogP contribution in [0.15, 0.2) is 18.2 Å². The standard InChI is InChI=1S/C13H15ClO4/c1-3-18-13(17)9-4-5-10(7-15)11(6-9)12(14)8(2)16/h4-6,12,15H,3,7H2,1-2H3. The van der Waals surface area contributed by atoms with E-state index < -0.39 is 11.3 Å². The summed E-state index contributed by atoms with van der Waals surface area (Å²) in [5.41, 5.74) is 1.28. The van der Waals surface area contributed by atoms with Crippen molar-refractivity contribution in [3.8, 4) is 0 Å². The van der Waals surface area contributed by atoms with Gasteiger partial charge in [0.1, 0.15) is 5.38 Å². The Balaban J connectivity index is 3.17. The van der Waals surface area contributed by atoms with Gasteiger partial charge in [-0.25, -0.2) is 4.79 Å².